The number of hydrogen-bond acceptors (Lipinski definition) is 4. The standard InChI is InChI=1S/C15H18FN3O/c16-12-8-13(17)11-2-1-5-18-14(11)15(12)19-6-7-20-9-10-3-4-10/h1-2,5,8,10,19H,3-4,6-7,9,17H2. The Balaban J connectivity index is 1.69. The van der Waals surface area contributed by atoms with Crippen LogP contribution in [0.4, 0.5) is 15.8 Å². The van der Waals surface area contributed by atoms with Crippen molar-refractivity contribution in [2.75, 3.05) is 30.8 Å². The van der Waals surface area contributed by atoms with Crippen molar-refractivity contribution in [3.8, 4) is 0 Å². The van der Waals surface area contributed by atoms with Crippen LogP contribution in [0.5, 0.6) is 0 Å². The molecular formula is C15H18FN3O. The summed E-state index contributed by atoms with van der Waals surface area (Å²) < 4.78 is 19.5. The van der Waals surface area contributed by atoms with Gasteiger partial charge in [-0.05, 0) is 37.0 Å². The first-order chi connectivity index (χ1) is 9.75. The molecule has 0 unspecified atom stereocenters. The fourth-order valence-corrected chi connectivity index (χ4v) is 2.19. The van der Waals surface area contributed by atoms with E-state index in [1.165, 1.54) is 18.9 Å². The van der Waals surface area contributed by atoms with Crippen LogP contribution >= 0.6 is 0 Å². The molecule has 3 rings (SSSR count). The average Bonchev–Trinajstić information content (AvgIpc) is 3.26. The minimum atomic E-state index is -0.379. The minimum Gasteiger partial charge on any atom is -0.398 e. The number of rotatable bonds is 6. The van der Waals surface area contributed by atoms with Crippen LogP contribution in [0, 0.1) is 11.7 Å². The highest BCUT2D eigenvalue weighted by molar-refractivity contribution is 5.98. The van der Waals surface area contributed by atoms with Gasteiger partial charge in [-0.1, -0.05) is 0 Å². The summed E-state index contributed by atoms with van der Waals surface area (Å²) in [6.07, 6.45) is 4.18. The number of nitrogens with zero attached hydrogens (tertiary/aromatic N) is 1. The Kier molecular flexibility index (Phi) is 3.69. The summed E-state index contributed by atoms with van der Waals surface area (Å²) in [5.41, 5.74) is 7.17. The van der Waals surface area contributed by atoms with Crippen LogP contribution in [0.2, 0.25) is 0 Å². The highest BCUT2D eigenvalue weighted by Gasteiger charge is 2.20. The Morgan fingerprint density at radius 2 is 2.30 bits per heavy atom. The van der Waals surface area contributed by atoms with Crippen molar-refractivity contribution < 1.29 is 9.13 Å². The lowest BCUT2D eigenvalue weighted by Gasteiger charge is -2.12. The second-order valence-electron chi connectivity index (χ2n) is 5.17. The molecule has 0 amide bonds. The lowest BCUT2D eigenvalue weighted by molar-refractivity contribution is 0.134. The molecule has 0 saturated heterocycles. The van der Waals surface area contributed by atoms with E-state index in [0.717, 1.165) is 17.9 Å². The SMILES string of the molecule is Nc1cc(F)c(NCCOCC2CC2)c2ncccc12. The third-order valence-corrected chi connectivity index (χ3v) is 3.48. The van der Waals surface area contributed by atoms with E-state index in [4.69, 9.17) is 10.5 Å². The summed E-state index contributed by atoms with van der Waals surface area (Å²) >= 11 is 0. The minimum absolute atomic E-state index is 0.379. The third kappa shape index (κ3) is 2.82. The van der Waals surface area contributed by atoms with Gasteiger partial charge in [-0.25, -0.2) is 4.39 Å². The van der Waals surface area contributed by atoms with Crippen LogP contribution in [-0.2, 0) is 4.74 Å². The fourth-order valence-electron chi connectivity index (χ4n) is 2.19. The monoisotopic (exact) mass is 275 g/mol. The lowest BCUT2D eigenvalue weighted by Crippen LogP contribution is -2.12. The molecule has 1 saturated carbocycles. The summed E-state index contributed by atoms with van der Waals surface area (Å²) in [5, 5.41) is 3.82. The number of anilines is 2. The van der Waals surface area contributed by atoms with Crippen LogP contribution in [-0.4, -0.2) is 24.7 Å². The summed E-state index contributed by atoms with van der Waals surface area (Å²) in [5.74, 6) is 0.363. The molecule has 4 nitrogen and oxygen atoms in total. The van der Waals surface area contributed by atoms with Crippen molar-refractivity contribution >= 4 is 22.3 Å². The zero-order valence-electron chi connectivity index (χ0n) is 11.2. The molecule has 20 heavy (non-hydrogen) atoms. The number of benzene rings is 1. The lowest BCUT2D eigenvalue weighted by atomic mass is 10.1. The fraction of sp³-hybridized carbons (Fsp3) is 0.400. The maximum absolute atomic E-state index is 14.0. The number of nitrogen functional groups attached to an aromatic ring is 1. The summed E-state index contributed by atoms with van der Waals surface area (Å²) in [7, 11) is 0. The maximum Gasteiger partial charge on any atom is 0.150 e. The maximum atomic E-state index is 14.0. The van der Waals surface area contributed by atoms with Crippen molar-refractivity contribution in [1.29, 1.82) is 0 Å². The molecule has 0 aliphatic heterocycles. The summed E-state index contributed by atoms with van der Waals surface area (Å²) in [6, 6.07) is 4.96. The van der Waals surface area contributed by atoms with Gasteiger partial charge in [-0.2, -0.15) is 0 Å². The molecule has 1 aromatic carbocycles. The third-order valence-electron chi connectivity index (χ3n) is 3.48. The van der Waals surface area contributed by atoms with Gasteiger partial charge in [0.15, 0.2) is 5.82 Å². The molecule has 1 aliphatic rings. The number of nitrogens with two attached hydrogens (primary N) is 1. The predicted octanol–water partition coefficient (Wildman–Crippen LogP) is 2.79. The predicted molar refractivity (Wildman–Crippen MR) is 78.1 cm³/mol. The van der Waals surface area contributed by atoms with Gasteiger partial charge in [0.1, 0.15) is 0 Å². The van der Waals surface area contributed by atoms with Gasteiger partial charge in [0, 0.05) is 30.4 Å². The molecule has 0 bridgehead atoms. The Labute approximate surface area is 117 Å². The van der Waals surface area contributed by atoms with E-state index >= 15 is 0 Å². The number of pyridine rings is 1. The molecule has 1 heterocycles. The Morgan fingerprint density at radius 3 is 3.10 bits per heavy atom. The highest BCUT2D eigenvalue weighted by atomic mass is 19.1. The van der Waals surface area contributed by atoms with E-state index in [9.17, 15) is 4.39 Å². The number of ether oxygens (including phenoxy) is 1. The number of hydrogen-bond donors (Lipinski definition) is 2. The van der Waals surface area contributed by atoms with E-state index < -0.39 is 0 Å². The van der Waals surface area contributed by atoms with Crippen LogP contribution in [0.15, 0.2) is 24.4 Å². The molecule has 1 fully saturated rings. The van der Waals surface area contributed by atoms with E-state index in [-0.39, 0.29) is 5.82 Å². The molecule has 0 atom stereocenters. The van der Waals surface area contributed by atoms with Gasteiger partial charge < -0.3 is 15.8 Å². The van der Waals surface area contributed by atoms with Gasteiger partial charge >= 0.3 is 0 Å². The van der Waals surface area contributed by atoms with Crippen LogP contribution < -0.4 is 11.1 Å². The quantitative estimate of drug-likeness (QED) is 0.628. The Hall–Kier alpha value is -1.88. The van der Waals surface area contributed by atoms with Crippen molar-refractivity contribution in [2.45, 2.75) is 12.8 Å². The first-order valence-corrected chi connectivity index (χ1v) is 6.90. The molecule has 1 aliphatic carbocycles. The van der Waals surface area contributed by atoms with Crippen molar-refractivity contribution in [3.05, 3.63) is 30.2 Å². The van der Waals surface area contributed by atoms with Gasteiger partial charge in [0.05, 0.1) is 17.8 Å². The van der Waals surface area contributed by atoms with Crippen molar-refractivity contribution in [2.24, 2.45) is 5.92 Å². The Morgan fingerprint density at radius 1 is 1.45 bits per heavy atom. The van der Waals surface area contributed by atoms with Crippen LogP contribution in [0.25, 0.3) is 10.9 Å². The highest BCUT2D eigenvalue weighted by Crippen LogP contribution is 2.30. The Bertz CT molecular complexity index is 613. The summed E-state index contributed by atoms with van der Waals surface area (Å²) in [6.45, 7) is 1.93. The normalized spacial score (nSPS) is 14.7. The van der Waals surface area contributed by atoms with Gasteiger partial charge in [-0.3, -0.25) is 4.98 Å². The smallest absolute Gasteiger partial charge is 0.150 e. The molecular weight excluding hydrogens is 257 g/mol. The van der Waals surface area contributed by atoms with Crippen molar-refractivity contribution in [1.82, 2.24) is 4.98 Å². The number of nitrogens with one attached hydrogen (secondary N) is 1. The van der Waals surface area contributed by atoms with Gasteiger partial charge in [0.2, 0.25) is 0 Å². The van der Waals surface area contributed by atoms with E-state index in [2.05, 4.69) is 10.3 Å². The van der Waals surface area contributed by atoms with E-state index in [1.807, 2.05) is 6.07 Å². The first-order valence-electron chi connectivity index (χ1n) is 6.90. The first kappa shape index (κ1) is 13.1. The number of fused-ring (bicyclic) bond motifs is 1. The second-order valence-corrected chi connectivity index (χ2v) is 5.17. The molecule has 0 spiro atoms. The average molecular weight is 275 g/mol. The zero-order valence-corrected chi connectivity index (χ0v) is 11.2. The molecule has 5 heteroatoms. The summed E-state index contributed by atoms with van der Waals surface area (Å²) in [4.78, 5) is 4.22. The van der Waals surface area contributed by atoms with E-state index in [1.54, 1.807) is 12.3 Å². The molecule has 3 N–H and O–H groups in total. The number of aromatic nitrogens is 1. The molecule has 2 aromatic rings. The van der Waals surface area contributed by atoms with Gasteiger partial charge in [0.25, 0.3) is 0 Å². The van der Waals surface area contributed by atoms with Crippen LogP contribution in [0.1, 0.15) is 12.8 Å². The molecule has 106 valence electrons. The number of halogens is 1. The zero-order chi connectivity index (χ0) is 13.9. The van der Waals surface area contributed by atoms with Gasteiger partial charge in [-0.15, -0.1) is 0 Å². The topological polar surface area (TPSA) is 60.2 Å². The van der Waals surface area contributed by atoms with Crippen molar-refractivity contribution in [3.63, 3.8) is 0 Å². The second kappa shape index (κ2) is 5.63. The molecule has 1 aromatic heterocycles. The largest absolute Gasteiger partial charge is 0.398 e. The molecule has 0 radical (unpaired) electrons. The van der Waals surface area contributed by atoms with E-state index in [0.29, 0.717) is 30.0 Å². The van der Waals surface area contributed by atoms with Crippen LogP contribution in [0.3, 0.4) is 0 Å².